The predicted octanol–water partition coefficient (Wildman–Crippen LogP) is 2.63. The summed E-state index contributed by atoms with van der Waals surface area (Å²) in [5, 5.41) is 8.88. The molecule has 0 aromatic heterocycles. The first-order chi connectivity index (χ1) is 8.84. The van der Waals surface area contributed by atoms with Crippen LogP contribution in [0.5, 0.6) is 0 Å². The number of carbonyl (C=O) groups is 1. The highest BCUT2D eigenvalue weighted by atomic mass is 16.5. The number of carbonyl (C=O) groups excluding carboxylic acids is 1. The lowest BCUT2D eigenvalue weighted by molar-refractivity contribution is -0.157. The molecular weight excluding hydrogens is 244 g/mol. The molecule has 0 rings (SSSR count). The summed E-state index contributed by atoms with van der Waals surface area (Å²) >= 11 is 0. The molecule has 0 saturated heterocycles. The van der Waals surface area contributed by atoms with E-state index in [1.807, 2.05) is 27.7 Å². The number of rotatable bonds is 9. The summed E-state index contributed by atoms with van der Waals surface area (Å²) < 4.78 is 11.0. The summed E-state index contributed by atoms with van der Waals surface area (Å²) in [4.78, 5) is 12.1. The monoisotopic (exact) mass is 274 g/mol. The minimum Gasteiger partial charge on any atom is -0.463 e. The van der Waals surface area contributed by atoms with E-state index in [1.54, 1.807) is 0 Å². The second-order valence-corrected chi connectivity index (χ2v) is 5.64. The molecule has 0 aromatic rings. The zero-order valence-corrected chi connectivity index (χ0v) is 13.2. The molecule has 114 valence electrons. The van der Waals surface area contributed by atoms with E-state index in [2.05, 4.69) is 13.8 Å². The van der Waals surface area contributed by atoms with E-state index < -0.39 is 0 Å². The van der Waals surface area contributed by atoms with Crippen molar-refractivity contribution in [3.63, 3.8) is 0 Å². The Bertz CT molecular complexity index is 251. The van der Waals surface area contributed by atoms with Crippen molar-refractivity contribution in [2.75, 3.05) is 13.2 Å². The van der Waals surface area contributed by atoms with Gasteiger partial charge in [-0.3, -0.25) is 4.79 Å². The Morgan fingerprint density at radius 3 is 2.11 bits per heavy atom. The molecule has 3 unspecified atom stereocenters. The average Bonchev–Trinajstić information content (AvgIpc) is 2.32. The second-order valence-electron chi connectivity index (χ2n) is 5.64. The summed E-state index contributed by atoms with van der Waals surface area (Å²) in [5.74, 6) is 0.0481. The zero-order valence-electron chi connectivity index (χ0n) is 13.2. The van der Waals surface area contributed by atoms with E-state index in [0.717, 1.165) is 6.42 Å². The molecule has 19 heavy (non-hydrogen) atoms. The smallest absolute Gasteiger partial charge is 0.309 e. The number of hydrogen-bond donors (Lipinski definition) is 1. The molecule has 0 radical (unpaired) electrons. The Labute approximate surface area is 117 Å². The Balaban J connectivity index is 4.81. The van der Waals surface area contributed by atoms with E-state index in [9.17, 15) is 4.79 Å². The number of aliphatic hydroxyl groups is 1. The summed E-state index contributed by atoms with van der Waals surface area (Å²) in [6, 6.07) is 0. The third-order valence-electron chi connectivity index (χ3n) is 3.33. The summed E-state index contributed by atoms with van der Waals surface area (Å²) in [6.07, 6.45) is 0.699. The molecule has 4 heteroatoms. The van der Waals surface area contributed by atoms with Gasteiger partial charge in [0.05, 0.1) is 31.3 Å². The Kier molecular flexibility index (Phi) is 9.02. The van der Waals surface area contributed by atoms with Gasteiger partial charge in [0.25, 0.3) is 0 Å². The molecule has 4 nitrogen and oxygen atoms in total. The SMILES string of the molecule is CCC(OCCO)C(C(C)C)C(C)C(=O)OC(C)C. The van der Waals surface area contributed by atoms with Gasteiger partial charge in [0.15, 0.2) is 0 Å². The minimum atomic E-state index is -0.203. The lowest BCUT2D eigenvalue weighted by Gasteiger charge is -2.33. The van der Waals surface area contributed by atoms with Crippen LogP contribution in [0.1, 0.15) is 48.0 Å². The van der Waals surface area contributed by atoms with Crippen molar-refractivity contribution in [3.8, 4) is 0 Å². The third kappa shape index (κ3) is 6.39. The minimum absolute atomic E-state index is 0.00609. The number of ether oxygens (including phenoxy) is 2. The molecule has 0 aromatic carbocycles. The molecule has 0 aliphatic carbocycles. The van der Waals surface area contributed by atoms with Gasteiger partial charge in [-0.2, -0.15) is 0 Å². The maximum absolute atomic E-state index is 12.1. The van der Waals surface area contributed by atoms with Gasteiger partial charge in [-0.15, -0.1) is 0 Å². The van der Waals surface area contributed by atoms with E-state index >= 15 is 0 Å². The van der Waals surface area contributed by atoms with Crippen LogP contribution in [-0.4, -0.2) is 36.5 Å². The van der Waals surface area contributed by atoms with Crippen LogP contribution in [0.2, 0.25) is 0 Å². The Morgan fingerprint density at radius 1 is 1.16 bits per heavy atom. The largest absolute Gasteiger partial charge is 0.463 e. The van der Waals surface area contributed by atoms with Crippen molar-refractivity contribution < 1.29 is 19.4 Å². The molecular formula is C15H30O4. The van der Waals surface area contributed by atoms with Gasteiger partial charge in [-0.1, -0.05) is 27.7 Å². The van der Waals surface area contributed by atoms with Crippen molar-refractivity contribution in [1.82, 2.24) is 0 Å². The lowest BCUT2D eigenvalue weighted by Crippen LogP contribution is -2.38. The highest BCUT2D eigenvalue weighted by Gasteiger charge is 2.34. The van der Waals surface area contributed by atoms with Crippen LogP contribution in [0, 0.1) is 17.8 Å². The summed E-state index contributed by atoms with van der Waals surface area (Å²) in [7, 11) is 0. The van der Waals surface area contributed by atoms with Crippen LogP contribution < -0.4 is 0 Å². The highest BCUT2D eigenvalue weighted by Crippen LogP contribution is 2.29. The molecule has 0 spiro atoms. The normalized spacial score (nSPS) is 16.5. The summed E-state index contributed by atoms with van der Waals surface area (Å²) in [5.41, 5.74) is 0. The van der Waals surface area contributed by atoms with Gasteiger partial charge in [0.2, 0.25) is 0 Å². The van der Waals surface area contributed by atoms with Crippen molar-refractivity contribution >= 4 is 5.97 Å². The van der Waals surface area contributed by atoms with Crippen LogP contribution in [0.3, 0.4) is 0 Å². The number of aliphatic hydroxyl groups excluding tert-OH is 1. The predicted molar refractivity (Wildman–Crippen MR) is 75.8 cm³/mol. The molecule has 3 atom stereocenters. The topological polar surface area (TPSA) is 55.8 Å². The van der Waals surface area contributed by atoms with Crippen LogP contribution >= 0.6 is 0 Å². The Morgan fingerprint density at radius 2 is 1.74 bits per heavy atom. The van der Waals surface area contributed by atoms with Crippen LogP contribution in [0.15, 0.2) is 0 Å². The second kappa shape index (κ2) is 9.32. The van der Waals surface area contributed by atoms with Gasteiger partial charge in [0.1, 0.15) is 0 Å². The molecule has 1 N–H and O–H groups in total. The molecule has 0 aliphatic heterocycles. The molecule has 0 aliphatic rings. The van der Waals surface area contributed by atoms with E-state index in [4.69, 9.17) is 14.6 Å². The van der Waals surface area contributed by atoms with Gasteiger partial charge in [-0.05, 0) is 26.2 Å². The van der Waals surface area contributed by atoms with Crippen molar-refractivity contribution in [2.45, 2.75) is 60.2 Å². The summed E-state index contributed by atoms with van der Waals surface area (Å²) in [6.45, 7) is 12.2. The maximum atomic E-state index is 12.1. The molecule has 0 heterocycles. The van der Waals surface area contributed by atoms with E-state index in [1.165, 1.54) is 0 Å². The fraction of sp³-hybridized carbons (Fsp3) is 0.933. The average molecular weight is 274 g/mol. The van der Waals surface area contributed by atoms with Crippen molar-refractivity contribution in [2.24, 2.45) is 17.8 Å². The molecule has 0 fully saturated rings. The van der Waals surface area contributed by atoms with Crippen LogP contribution in [0.4, 0.5) is 0 Å². The third-order valence-corrected chi connectivity index (χ3v) is 3.33. The fourth-order valence-electron chi connectivity index (χ4n) is 2.53. The van der Waals surface area contributed by atoms with Gasteiger partial charge >= 0.3 is 5.97 Å². The lowest BCUT2D eigenvalue weighted by atomic mass is 9.79. The van der Waals surface area contributed by atoms with Gasteiger partial charge in [-0.25, -0.2) is 0 Å². The van der Waals surface area contributed by atoms with Gasteiger partial charge in [0, 0.05) is 5.92 Å². The van der Waals surface area contributed by atoms with Crippen molar-refractivity contribution in [1.29, 1.82) is 0 Å². The molecule has 0 saturated carbocycles. The quantitative estimate of drug-likeness (QED) is 0.657. The first kappa shape index (κ1) is 18.4. The number of hydrogen-bond acceptors (Lipinski definition) is 4. The molecule has 0 bridgehead atoms. The van der Waals surface area contributed by atoms with E-state index in [0.29, 0.717) is 12.5 Å². The maximum Gasteiger partial charge on any atom is 0.309 e. The van der Waals surface area contributed by atoms with Crippen LogP contribution in [0.25, 0.3) is 0 Å². The zero-order chi connectivity index (χ0) is 15.0. The van der Waals surface area contributed by atoms with Gasteiger partial charge < -0.3 is 14.6 Å². The van der Waals surface area contributed by atoms with E-state index in [-0.39, 0.29) is 36.6 Å². The van der Waals surface area contributed by atoms with Crippen molar-refractivity contribution in [3.05, 3.63) is 0 Å². The highest BCUT2D eigenvalue weighted by molar-refractivity contribution is 5.72. The first-order valence-corrected chi connectivity index (χ1v) is 7.28. The number of esters is 1. The first-order valence-electron chi connectivity index (χ1n) is 7.28. The molecule has 0 amide bonds. The van der Waals surface area contributed by atoms with Crippen LogP contribution in [-0.2, 0) is 14.3 Å². The fourth-order valence-corrected chi connectivity index (χ4v) is 2.53. The standard InChI is InChI=1S/C15H30O4/c1-7-13(18-9-8-16)14(10(2)3)12(6)15(17)19-11(4)5/h10-14,16H,7-9H2,1-6H3. The Hall–Kier alpha value is -0.610.